The highest BCUT2D eigenvalue weighted by molar-refractivity contribution is 7.89. The van der Waals surface area contributed by atoms with E-state index < -0.39 is 27.6 Å². The summed E-state index contributed by atoms with van der Waals surface area (Å²) in [5.74, 6) is -0.688. The predicted molar refractivity (Wildman–Crippen MR) is 65.9 cm³/mol. The van der Waals surface area contributed by atoms with Gasteiger partial charge in [-0.3, -0.25) is 4.79 Å². The van der Waals surface area contributed by atoms with Crippen LogP contribution in [0.25, 0.3) is 0 Å². The van der Waals surface area contributed by atoms with E-state index in [0.717, 1.165) is 0 Å². The molecule has 0 radical (unpaired) electrons. The summed E-state index contributed by atoms with van der Waals surface area (Å²) in [5, 5.41) is 0. The Morgan fingerprint density at radius 2 is 1.94 bits per heavy atom. The largest absolute Gasteiger partial charge is 0.459 e. The van der Waals surface area contributed by atoms with Crippen LogP contribution in [-0.2, 0) is 19.6 Å². The lowest BCUT2D eigenvalue weighted by Gasteiger charge is -2.23. The van der Waals surface area contributed by atoms with Crippen LogP contribution < -0.4 is 10.5 Å². The van der Waals surface area contributed by atoms with E-state index >= 15 is 0 Å². The van der Waals surface area contributed by atoms with E-state index in [1.54, 1.807) is 27.7 Å². The molecule has 0 saturated carbocycles. The highest BCUT2D eigenvalue weighted by Gasteiger charge is 2.27. The maximum atomic E-state index is 11.6. The Morgan fingerprint density at radius 3 is 2.29 bits per heavy atom. The van der Waals surface area contributed by atoms with E-state index in [4.69, 9.17) is 10.5 Å². The third-order valence-electron chi connectivity index (χ3n) is 1.72. The molecule has 0 aliphatic rings. The molecule has 0 aromatic heterocycles. The molecule has 1 atom stereocenters. The monoisotopic (exact) mass is 266 g/mol. The summed E-state index contributed by atoms with van der Waals surface area (Å²) >= 11 is 0. The van der Waals surface area contributed by atoms with Gasteiger partial charge in [0.05, 0.1) is 5.75 Å². The summed E-state index contributed by atoms with van der Waals surface area (Å²) in [6.45, 7) is 6.74. The smallest absolute Gasteiger partial charge is 0.326 e. The first-order valence-electron chi connectivity index (χ1n) is 5.54. The van der Waals surface area contributed by atoms with Gasteiger partial charge < -0.3 is 10.5 Å². The highest BCUT2D eigenvalue weighted by atomic mass is 32.2. The average molecular weight is 266 g/mol. The quantitative estimate of drug-likeness (QED) is 0.659. The molecule has 0 fully saturated rings. The number of sulfonamides is 1. The van der Waals surface area contributed by atoms with Gasteiger partial charge >= 0.3 is 5.97 Å². The molecular weight excluding hydrogens is 244 g/mol. The number of esters is 1. The minimum atomic E-state index is -3.47. The third-order valence-corrected chi connectivity index (χ3v) is 3.31. The molecule has 0 aliphatic heterocycles. The molecule has 3 N–H and O–H groups in total. The van der Waals surface area contributed by atoms with Crippen LogP contribution in [0, 0.1) is 0 Å². The summed E-state index contributed by atoms with van der Waals surface area (Å²) in [6.07, 6.45) is 0.473. The molecule has 0 saturated heterocycles. The molecule has 0 aliphatic carbocycles. The van der Waals surface area contributed by atoms with Gasteiger partial charge in [0, 0.05) is 6.54 Å². The Morgan fingerprint density at radius 1 is 1.41 bits per heavy atom. The molecule has 0 bridgehead atoms. The van der Waals surface area contributed by atoms with Crippen molar-refractivity contribution in [3.63, 3.8) is 0 Å². The molecule has 0 amide bonds. The van der Waals surface area contributed by atoms with Crippen molar-refractivity contribution in [2.75, 3.05) is 12.3 Å². The molecule has 0 aromatic carbocycles. The van der Waals surface area contributed by atoms with E-state index in [0.29, 0.717) is 6.42 Å². The Bertz CT molecular complexity index is 346. The Hall–Kier alpha value is -0.660. The van der Waals surface area contributed by atoms with E-state index in [1.165, 1.54) is 0 Å². The zero-order valence-electron chi connectivity index (χ0n) is 10.8. The molecule has 0 rings (SSSR count). The van der Waals surface area contributed by atoms with Crippen molar-refractivity contribution in [3.8, 4) is 0 Å². The molecule has 7 heteroatoms. The minimum absolute atomic E-state index is 0.0354. The number of ether oxygens (including phenoxy) is 1. The second-order valence-corrected chi connectivity index (χ2v) is 6.63. The van der Waals surface area contributed by atoms with E-state index in [1.807, 2.05) is 0 Å². The van der Waals surface area contributed by atoms with Gasteiger partial charge in [-0.15, -0.1) is 0 Å². The number of nitrogens with one attached hydrogen (secondary N) is 1. The van der Waals surface area contributed by atoms with Crippen molar-refractivity contribution < 1.29 is 17.9 Å². The number of hydrogen-bond donors (Lipinski definition) is 2. The first-order chi connectivity index (χ1) is 7.61. The SMILES string of the molecule is CCCS(=O)(=O)NC(CN)C(=O)OC(C)(C)C. The number of nitrogens with two attached hydrogens (primary N) is 1. The van der Waals surface area contributed by atoms with Crippen molar-refractivity contribution >= 4 is 16.0 Å². The lowest BCUT2D eigenvalue weighted by molar-refractivity contribution is -0.156. The summed E-state index contributed by atoms with van der Waals surface area (Å²) in [4.78, 5) is 11.6. The van der Waals surface area contributed by atoms with Crippen molar-refractivity contribution in [3.05, 3.63) is 0 Å². The Labute approximate surface area is 103 Å². The van der Waals surface area contributed by atoms with Crippen LogP contribution in [0.15, 0.2) is 0 Å². The fraction of sp³-hybridized carbons (Fsp3) is 0.900. The molecule has 17 heavy (non-hydrogen) atoms. The Balaban J connectivity index is 4.59. The van der Waals surface area contributed by atoms with Gasteiger partial charge in [-0.05, 0) is 27.2 Å². The zero-order valence-corrected chi connectivity index (χ0v) is 11.6. The lowest BCUT2D eigenvalue weighted by Crippen LogP contribution is -2.48. The topological polar surface area (TPSA) is 98.5 Å². The maximum Gasteiger partial charge on any atom is 0.326 e. The highest BCUT2D eigenvalue weighted by Crippen LogP contribution is 2.08. The number of carbonyl (C=O) groups is 1. The fourth-order valence-electron chi connectivity index (χ4n) is 1.11. The van der Waals surface area contributed by atoms with Crippen LogP contribution in [0.3, 0.4) is 0 Å². The van der Waals surface area contributed by atoms with Crippen molar-refractivity contribution in [1.29, 1.82) is 0 Å². The Kier molecular flexibility index (Phi) is 6.08. The van der Waals surface area contributed by atoms with Crippen LogP contribution >= 0.6 is 0 Å². The molecule has 6 nitrogen and oxygen atoms in total. The number of rotatable bonds is 6. The molecule has 102 valence electrons. The van der Waals surface area contributed by atoms with Gasteiger partial charge in [-0.1, -0.05) is 6.92 Å². The first-order valence-corrected chi connectivity index (χ1v) is 7.19. The maximum absolute atomic E-state index is 11.6. The van der Waals surface area contributed by atoms with Crippen LogP contribution in [0.1, 0.15) is 34.1 Å². The number of hydrogen-bond acceptors (Lipinski definition) is 5. The van der Waals surface area contributed by atoms with Crippen LogP contribution in [0.5, 0.6) is 0 Å². The van der Waals surface area contributed by atoms with Gasteiger partial charge in [0.1, 0.15) is 11.6 Å². The van der Waals surface area contributed by atoms with E-state index in [-0.39, 0.29) is 12.3 Å². The molecule has 0 aromatic rings. The van der Waals surface area contributed by atoms with Gasteiger partial charge in [0.15, 0.2) is 0 Å². The van der Waals surface area contributed by atoms with E-state index in [9.17, 15) is 13.2 Å². The summed E-state index contributed by atoms with van der Waals surface area (Å²) in [6, 6.07) is -1.02. The first kappa shape index (κ1) is 16.3. The fourth-order valence-corrected chi connectivity index (χ4v) is 2.39. The van der Waals surface area contributed by atoms with Gasteiger partial charge in [-0.2, -0.15) is 4.72 Å². The second-order valence-electron chi connectivity index (χ2n) is 4.76. The third kappa shape index (κ3) is 7.30. The van der Waals surface area contributed by atoms with Crippen molar-refractivity contribution in [1.82, 2.24) is 4.72 Å². The van der Waals surface area contributed by atoms with Crippen LogP contribution in [-0.4, -0.2) is 38.3 Å². The molecule has 0 spiro atoms. The standard InChI is InChI=1S/C10H22N2O4S/c1-5-6-17(14,15)12-8(7-11)9(13)16-10(2,3)4/h8,12H,5-7,11H2,1-4H3. The zero-order chi connectivity index (χ0) is 13.7. The predicted octanol–water partition coefficient (Wildman–Crippen LogP) is -0.0152. The summed E-state index contributed by atoms with van der Waals surface area (Å²) in [5.41, 5.74) is 4.70. The molecule has 0 heterocycles. The second kappa shape index (κ2) is 6.32. The summed E-state index contributed by atoms with van der Waals surface area (Å²) < 4.78 is 30.3. The number of carbonyl (C=O) groups excluding carboxylic acids is 1. The van der Waals surface area contributed by atoms with Crippen LogP contribution in [0.4, 0.5) is 0 Å². The lowest BCUT2D eigenvalue weighted by atomic mass is 10.2. The molecule has 1 unspecified atom stereocenters. The van der Waals surface area contributed by atoms with Crippen LogP contribution in [0.2, 0.25) is 0 Å². The minimum Gasteiger partial charge on any atom is -0.459 e. The molecular formula is C10H22N2O4S. The van der Waals surface area contributed by atoms with Gasteiger partial charge in [0.25, 0.3) is 0 Å². The van der Waals surface area contributed by atoms with Gasteiger partial charge in [-0.25, -0.2) is 8.42 Å². The van der Waals surface area contributed by atoms with Gasteiger partial charge in [0.2, 0.25) is 10.0 Å². The van der Waals surface area contributed by atoms with Crippen molar-refractivity contribution in [2.24, 2.45) is 5.73 Å². The average Bonchev–Trinajstić information content (AvgIpc) is 2.11. The van der Waals surface area contributed by atoms with E-state index in [2.05, 4.69) is 4.72 Å². The summed E-state index contributed by atoms with van der Waals surface area (Å²) in [7, 11) is -3.47. The van der Waals surface area contributed by atoms with Crippen molar-refractivity contribution in [2.45, 2.75) is 45.8 Å². The normalized spacial score (nSPS) is 14.4.